The third kappa shape index (κ3) is 4.26. The summed E-state index contributed by atoms with van der Waals surface area (Å²) in [6, 6.07) is 4.20. The van der Waals surface area contributed by atoms with E-state index in [2.05, 4.69) is 26.0 Å². The van der Waals surface area contributed by atoms with Gasteiger partial charge >= 0.3 is 5.97 Å². The first kappa shape index (κ1) is 16.4. The molecular formula is C13H17BrN2O4S. The van der Waals surface area contributed by atoms with E-state index < -0.39 is 16.0 Å². The van der Waals surface area contributed by atoms with Crippen molar-refractivity contribution in [2.45, 2.75) is 24.3 Å². The highest BCUT2D eigenvalue weighted by Gasteiger charge is 2.24. The lowest BCUT2D eigenvalue weighted by molar-refractivity contribution is 0.0526. The maximum absolute atomic E-state index is 12.4. The summed E-state index contributed by atoms with van der Waals surface area (Å²) < 4.78 is 32.8. The van der Waals surface area contributed by atoms with Crippen LogP contribution in [0.5, 0.6) is 0 Å². The normalized spacial score (nSPS) is 18.7. The molecule has 0 bridgehead atoms. The number of ether oxygens (including phenoxy) is 1. The van der Waals surface area contributed by atoms with E-state index in [1.54, 1.807) is 6.92 Å². The van der Waals surface area contributed by atoms with Crippen molar-refractivity contribution in [3.05, 3.63) is 28.2 Å². The predicted octanol–water partition coefficient (Wildman–Crippen LogP) is 1.27. The molecular weight excluding hydrogens is 360 g/mol. The minimum Gasteiger partial charge on any atom is -0.462 e. The molecule has 0 radical (unpaired) electrons. The van der Waals surface area contributed by atoms with Crippen LogP contribution in [0, 0.1) is 0 Å². The van der Waals surface area contributed by atoms with Crippen LogP contribution in [0.2, 0.25) is 0 Å². The van der Waals surface area contributed by atoms with Crippen LogP contribution >= 0.6 is 15.9 Å². The number of esters is 1. The Morgan fingerprint density at radius 3 is 2.86 bits per heavy atom. The predicted molar refractivity (Wildman–Crippen MR) is 81.7 cm³/mol. The van der Waals surface area contributed by atoms with Crippen molar-refractivity contribution in [1.29, 1.82) is 0 Å². The number of rotatable bonds is 5. The fourth-order valence-electron chi connectivity index (χ4n) is 2.09. The molecule has 1 unspecified atom stereocenters. The second-order valence-electron chi connectivity index (χ2n) is 4.71. The van der Waals surface area contributed by atoms with Crippen LogP contribution in [0.1, 0.15) is 23.7 Å². The first-order valence-electron chi connectivity index (χ1n) is 6.63. The van der Waals surface area contributed by atoms with Crippen LogP contribution in [-0.4, -0.2) is 40.1 Å². The average molecular weight is 377 g/mol. The second-order valence-corrected chi connectivity index (χ2v) is 7.34. The van der Waals surface area contributed by atoms with Gasteiger partial charge in [-0.1, -0.05) is 15.9 Å². The van der Waals surface area contributed by atoms with Gasteiger partial charge in [0.15, 0.2) is 0 Å². The van der Waals surface area contributed by atoms with Crippen molar-refractivity contribution in [3.8, 4) is 0 Å². The van der Waals surface area contributed by atoms with Gasteiger partial charge in [0, 0.05) is 17.1 Å². The zero-order valence-electron chi connectivity index (χ0n) is 11.6. The molecule has 0 saturated carbocycles. The Morgan fingerprint density at radius 1 is 1.48 bits per heavy atom. The summed E-state index contributed by atoms with van der Waals surface area (Å²) in [5, 5.41) is 3.09. The van der Waals surface area contributed by atoms with Crippen molar-refractivity contribution in [3.63, 3.8) is 0 Å². The summed E-state index contributed by atoms with van der Waals surface area (Å²) in [7, 11) is -3.66. The Hall–Kier alpha value is -0.960. The zero-order chi connectivity index (χ0) is 15.5. The lowest BCUT2D eigenvalue weighted by Crippen LogP contribution is -2.36. The number of nitrogens with one attached hydrogen (secondary N) is 2. The molecule has 1 saturated heterocycles. The van der Waals surface area contributed by atoms with E-state index in [-0.39, 0.29) is 23.1 Å². The average Bonchev–Trinajstić information content (AvgIpc) is 2.90. The van der Waals surface area contributed by atoms with Gasteiger partial charge in [-0.3, -0.25) is 0 Å². The second kappa shape index (κ2) is 6.87. The Morgan fingerprint density at radius 2 is 2.24 bits per heavy atom. The Bertz CT molecular complexity index is 627. The maximum atomic E-state index is 12.4. The number of halogens is 1. The van der Waals surface area contributed by atoms with E-state index >= 15 is 0 Å². The van der Waals surface area contributed by atoms with Gasteiger partial charge in [0.1, 0.15) is 0 Å². The van der Waals surface area contributed by atoms with E-state index in [4.69, 9.17) is 4.74 Å². The molecule has 1 fully saturated rings. The van der Waals surface area contributed by atoms with E-state index in [9.17, 15) is 13.2 Å². The van der Waals surface area contributed by atoms with Gasteiger partial charge in [-0.2, -0.15) is 0 Å². The van der Waals surface area contributed by atoms with Gasteiger partial charge in [-0.25, -0.2) is 17.9 Å². The van der Waals surface area contributed by atoms with Crippen molar-refractivity contribution < 1.29 is 17.9 Å². The highest BCUT2D eigenvalue weighted by molar-refractivity contribution is 9.10. The molecule has 0 aliphatic carbocycles. The SMILES string of the molecule is CCOC(=O)c1cc(Br)cc(S(=O)(=O)NC2CCNC2)c1. The number of carbonyl (C=O) groups is 1. The molecule has 1 heterocycles. The lowest BCUT2D eigenvalue weighted by Gasteiger charge is -2.13. The largest absolute Gasteiger partial charge is 0.462 e. The van der Waals surface area contributed by atoms with Gasteiger partial charge in [-0.15, -0.1) is 0 Å². The van der Waals surface area contributed by atoms with Crippen LogP contribution in [0.25, 0.3) is 0 Å². The summed E-state index contributed by atoms with van der Waals surface area (Å²) in [6.45, 7) is 3.33. The van der Waals surface area contributed by atoms with Gasteiger partial charge < -0.3 is 10.1 Å². The minimum absolute atomic E-state index is 0.0480. The molecule has 2 N–H and O–H groups in total. The van der Waals surface area contributed by atoms with Gasteiger partial charge in [-0.05, 0) is 38.1 Å². The molecule has 8 heteroatoms. The molecule has 21 heavy (non-hydrogen) atoms. The summed E-state index contributed by atoms with van der Waals surface area (Å²) in [6.07, 6.45) is 0.748. The molecule has 6 nitrogen and oxygen atoms in total. The zero-order valence-corrected chi connectivity index (χ0v) is 14.0. The highest BCUT2D eigenvalue weighted by atomic mass is 79.9. The summed E-state index contributed by atoms with van der Waals surface area (Å²) in [4.78, 5) is 11.8. The molecule has 1 aromatic rings. The van der Waals surface area contributed by atoms with Crippen LogP contribution in [0.15, 0.2) is 27.6 Å². The molecule has 1 atom stereocenters. The van der Waals surface area contributed by atoms with Crippen molar-refractivity contribution in [2.75, 3.05) is 19.7 Å². The third-order valence-electron chi connectivity index (χ3n) is 3.07. The van der Waals surface area contributed by atoms with Crippen molar-refractivity contribution >= 4 is 31.9 Å². The Labute approximate surface area is 132 Å². The molecule has 0 aromatic heterocycles. The smallest absolute Gasteiger partial charge is 0.338 e. The topological polar surface area (TPSA) is 84.5 Å². The first-order valence-corrected chi connectivity index (χ1v) is 8.91. The Kier molecular flexibility index (Phi) is 5.37. The van der Waals surface area contributed by atoms with E-state index in [1.165, 1.54) is 18.2 Å². The molecule has 1 aliphatic rings. The first-order chi connectivity index (χ1) is 9.92. The summed E-state index contributed by atoms with van der Waals surface area (Å²) >= 11 is 3.23. The molecule has 0 amide bonds. The molecule has 2 rings (SSSR count). The van der Waals surface area contributed by atoms with Gasteiger partial charge in [0.05, 0.1) is 17.1 Å². The maximum Gasteiger partial charge on any atom is 0.338 e. The number of hydrogen-bond donors (Lipinski definition) is 2. The molecule has 1 aliphatic heterocycles. The van der Waals surface area contributed by atoms with Gasteiger partial charge in [0.2, 0.25) is 10.0 Å². The quantitative estimate of drug-likeness (QED) is 0.755. The fourth-order valence-corrected chi connectivity index (χ4v) is 4.08. The fraction of sp³-hybridized carbons (Fsp3) is 0.462. The summed E-state index contributed by atoms with van der Waals surface area (Å²) in [5.74, 6) is -0.544. The number of sulfonamides is 1. The summed E-state index contributed by atoms with van der Waals surface area (Å²) in [5.41, 5.74) is 0.205. The molecule has 0 spiro atoms. The minimum atomic E-state index is -3.66. The number of hydrogen-bond acceptors (Lipinski definition) is 5. The number of carbonyl (C=O) groups excluding carboxylic acids is 1. The Balaban J connectivity index is 2.27. The monoisotopic (exact) mass is 376 g/mol. The van der Waals surface area contributed by atoms with Crippen LogP contribution in [0.3, 0.4) is 0 Å². The van der Waals surface area contributed by atoms with E-state index in [1.807, 2.05) is 0 Å². The van der Waals surface area contributed by atoms with E-state index in [0.717, 1.165) is 13.0 Å². The lowest BCUT2D eigenvalue weighted by atomic mass is 10.2. The third-order valence-corrected chi connectivity index (χ3v) is 5.03. The molecule has 1 aromatic carbocycles. The van der Waals surface area contributed by atoms with E-state index in [0.29, 0.717) is 11.0 Å². The molecule has 116 valence electrons. The van der Waals surface area contributed by atoms with Gasteiger partial charge in [0.25, 0.3) is 0 Å². The van der Waals surface area contributed by atoms with Crippen LogP contribution in [0.4, 0.5) is 0 Å². The highest BCUT2D eigenvalue weighted by Crippen LogP contribution is 2.21. The van der Waals surface area contributed by atoms with Crippen molar-refractivity contribution in [2.24, 2.45) is 0 Å². The van der Waals surface area contributed by atoms with Crippen LogP contribution in [-0.2, 0) is 14.8 Å². The standard InChI is InChI=1S/C13H17BrN2O4S/c1-2-20-13(17)9-5-10(14)7-12(6-9)21(18,19)16-11-3-4-15-8-11/h5-7,11,15-16H,2-4,8H2,1H3. The van der Waals surface area contributed by atoms with Crippen molar-refractivity contribution in [1.82, 2.24) is 10.0 Å². The number of benzene rings is 1. The van der Waals surface area contributed by atoms with Crippen LogP contribution < -0.4 is 10.0 Å².